The van der Waals surface area contributed by atoms with Crippen LogP contribution >= 0.6 is 15.9 Å². The van der Waals surface area contributed by atoms with Crippen molar-refractivity contribution >= 4 is 21.7 Å². The van der Waals surface area contributed by atoms with E-state index in [1.165, 1.54) is 6.33 Å². The molecule has 21 heavy (non-hydrogen) atoms. The van der Waals surface area contributed by atoms with Gasteiger partial charge in [0.25, 0.3) is 0 Å². The summed E-state index contributed by atoms with van der Waals surface area (Å²) in [6.07, 6.45) is 2.54. The highest BCUT2D eigenvalue weighted by Crippen LogP contribution is 2.35. The number of anilines is 1. The number of ether oxygens (including phenoxy) is 1. The van der Waals surface area contributed by atoms with Gasteiger partial charge in [-0.15, -0.1) is 0 Å². The molecule has 0 aliphatic carbocycles. The van der Waals surface area contributed by atoms with Crippen molar-refractivity contribution in [2.75, 3.05) is 11.9 Å². The van der Waals surface area contributed by atoms with Crippen LogP contribution in [0, 0.1) is 0 Å². The molecule has 0 radical (unpaired) electrons. The average molecular weight is 350 g/mol. The monoisotopic (exact) mass is 349 g/mol. The number of hydrogen-bond acceptors (Lipinski definition) is 4. The van der Waals surface area contributed by atoms with Crippen LogP contribution in [0.2, 0.25) is 0 Å². The van der Waals surface area contributed by atoms with E-state index in [4.69, 9.17) is 4.74 Å². The van der Waals surface area contributed by atoms with Crippen molar-refractivity contribution in [1.82, 2.24) is 9.97 Å². The lowest BCUT2D eigenvalue weighted by molar-refractivity contribution is 0.450. The summed E-state index contributed by atoms with van der Waals surface area (Å²) in [4.78, 5) is 8.45. The fourth-order valence-corrected chi connectivity index (χ4v) is 2.37. The van der Waals surface area contributed by atoms with Crippen molar-refractivity contribution in [3.8, 4) is 11.6 Å². The first-order valence-electron chi connectivity index (χ1n) is 7.14. The normalized spacial score (nSPS) is 10.7. The molecule has 0 amide bonds. The molecule has 2 rings (SSSR count). The van der Waals surface area contributed by atoms with Crippen molar-refractivity contribution < 1.29 is 4.74 Å². The fraction of sp³-hybridized carbons (Fsp3) is 0.375. The van der Waals surface area contributed by atoms with Gasteiger partial charge in [0.1, 0.15) is 22.4 Å². The first kappa shape index (κ1) is 15.8. The Balaban J connectivity index is 2.28. The third-order valence-electron chi connectivity index (χ3n) is 3.05. The molecule has 4 nitrogen and oxygen atoms in total. The van der Waals surface area contributed by atoms with Crippen molar-refractivity contribution in [2.45, 2.75) is 33.1 Å². The van der Waals surface area contributed by atoms with Crippen molar-refractivity contribution in [2.24, 2.45) is 0 Å². The van der Waals surface area contributed by atoms with E-state index in [9.17, 15) is 0 Å². The Morgan fingerprint density at radius 2 is 2.00 bits per heavy atom. The number of rotatable bonds is 6. The minimum atomic E-state index is 0.388. The van der Waals surface area contributed by atoms with Gasteiger partial charge in [-0.25, -0.2) is 9.97 Å². The Labute approximate surface area is 134 Å². The van der Waals surface area contributed by atoms with Gasteiger partial charge in [-0.05, 0) is 39.9 Å². The van der Waals surface area contributed by atoms with Gasteiger partial charge >= 0.3 is 0 Å². The molecule has 0 bridgehead atoms. The number of halogens is 1. The van der Waals surface area contributed by atoms with Gasteiger partial charge in [0.05, 0.1) is 0 Å². The summed E-state index contributed by atoms with van der Waals surface area (Å²) in [5.41, 5.74) is 1.16. The van der Waals surface area contributed by atoms with Crippen molar-refractivity contribution in [1.29, 1.82) is 0 Å². The summed E-state index contributed by atoms with van der Waals surface area (Å²) in [5, 5.41) is 3.25. The smallest absolute Gasteiger partial charge is 0.238 e. The largest absolute Gasteiger partial charge is 0.437 e. The van der Waals surface area contributed by atoms with Gasteiger partial charge in [-0.2, -0.15) is 0 Å². The molecule has 0 fully saturated rings. The van der Waals surface area contributed by atoms with Crippen LogP contribution in [0.5, 0.6) is 11.6 Å². The molecule has 0 saturated carbocycles. The van der Waals surface area contributed by atoms with Gasteiger partial charge in [0.15, 0.2) is 0 Å². The predicted octanol–water partition coefficient (Wildman–Crippen LogP) is 4.98. The van der Waals surface area contributed by atoms with Crippen LogP contribution in [0.25, 0.3) is 0 Å². The van der Waals surface area contributed by atoms with Crippen LogP contribution in [-0.4, -0.2) is 16.5 Å². The Kier molecular flexibility index (Phi) is 5.56. The van der Waals surface area contributed by atoms with Crippen LogP contribution in [0.3, 0.4) is 0 Å². The summed E-state index contributed by atoms with van der Waals surface area (Å²) in [7, 11) is 0. The first-order valence-corrected chi connectivity index (χ1v) is 7.94. The number of para-hydroxylation sites is 1. The minimum Gasteiger partial charge on any atom is -0.437 e. The van der Waals surface area contributed by atoms with E-state index in [-0.39, 0.29) is 0 Å². The quantitative estimate of drug-likeness (QED) is 0.798. The standard InChI is InChI=1S/C16H20BrN3O/c1-4-9-18-15-14(17)16(20-10-19-15)21-13-8-6-5-7-12(13)11(2)3/h5-8,10-11H,4,9H2,1-3H3,(H,18,19,20). The average Bonchev–Trinajstić information content (AvgIpc) is 2.48. The van der Waals surface area contributed by atoms with Crippen molar-refractivity contribution in [3.63, 3.8) is 0 Å². The zero-order valence-corrected chi connectivity index (χ0v) is 14.1. The second kappa shape index (κ2) is 7.41. The van der Waals surface area contributed by atoms with Crippen LogP contribution in [0.15, 0.2) is 35.1 Å². The van der Waals surface area contributed by atoms with Crippen LogP contribution in [-0.2, 0) is 0 Å². The van der Waals surface area contributed by atoms with Gasteiger partial charge < -0.3 is 10.1 Å². The maximum absolute atomic E-state index is 5.98. The van der Waals surface area contributed by atoms with Gasteiger partial charge in [0.2, 0.25) is 5.88 Å². The molecule has 2 aromatic rings. The van der Waals surface area contributed by atoms with E-state index < -0.39 is 0 Å². The Hall–Kier alpha value is -1.62. The molecular weight excluding hydrogens is 330 g/mol. The van der Waals surface area contributed by atoms with E-state index >= 15 is 0 Å². The van der Waals surface area contributed by atoms with E-state index in [1.807, 2.05) is 18.2 Å². The van der Waals surface area contributed by atoms with Crippen LogP contribution in [0.4, 0.5) is 5.82 Å². The third kappa shape index (κ3) is 3.94. The molecule has 5 heteroatoms. The van der Waals surface area contributed by atoms with Crippen molar-refractivity contribution in [3.05, 3.63) is 40.6 Å². The van der Waals surface area contributed by atoms with Crippen LogP contribution < -0.4 is 10.1 Å². The Morgan fingerprint density at radius 3 is 2.71 bits per heavy atom. The molecule has 1 heterocycles. The molecular formula is C16H20BrN3O. The summed E-state index contributed by atoms with van der Waals surface area (Å²) >= 11 is 3.52. The van der Waals surface area contributed by atoms with Gasteiger partial charge in [-0.3, -0.25) is 0 Å². The molecule has 1 N–H and O–H groups in total. The highest BCUT2D eigenvalue weighted by Gasteiger charge is 2.13. The van der Waals surface area contributed by atoms with E-state index in [2.05, 4.69) is 58.1 Å². The zero-order valence-electron chi connectivity index (χ0n) is 12.6. The third-order valence-corrected chi connectivity index (χ3v) is 3.76. The second-order valence-corrected chi connectivity index (χ2v) is 5.86. The Morgan fingerprint density at radius 1 is 1.24 bits per heavy atom. The molecule has 0 aliphatic heterocycles. The van der Waals surface area contributed by atoms with E-state index in [1.54, 1.807) is 0 Å². The highest BCUT2D eigenvalue weighted by atomic mass is 79.9. The Bertz CT molecular complexity index is 602. The first-order chi connectivity index (χ1) is 10.1. The zero-order chi connectivity index (χ0) is 15.2. The summed E-state index contributed by atoms with van der Waals surface area (Å²) in [6.45, 7) is 7.26. The summed E-state index contributed by atoms with van der Waals surface area (Å²) in [6, 6.07) is 8.02. The molecule has 0 spiro atoms. The molecule has 0 unspecified atom stereocenters. The number of hydrogen-bond donors (Lipinski definition) is 1. The minimum absolute atomic E-state index is 0.388. The maximum Gasteiger partial charge on any atom is 0.238 e. The van der Waals surface area contributed by atoms with Gasteiger partial charge in [-0.1, -0.05) is 39.0 Å². The van der Waals surface area contributed by atoms with Gasteiger partial charge in [0, 0.05) is 6.54 Å². The number of nitrogens with one attached hydrogen (secondary N) is 1. The predicted molar refractivity (Wildman–Crippen MR) is 89.1 cm³/mol. The summed E-state index contributed by atoms with van der Waals surface area (Å²) < 4.78 is 6.73. The SMILES string of the molecule is CCCNc1ncnc(Oc2ccccc2C(C)C)c1Br. The molecule has 0 aliphatic rings. The van der Waals surface area contributed by atoms with E-state index in [0.717, 1.165) is 34.6 Å². The lowest BCUT2D eigenvalue weighted by Gasteiger charge is -2.14. The molecule has 112 valence electrons. The number of benzene rings is 1. The molecule has 1 aromatic heterocycles. The molecule has 0 atom stereocenters. The molecule has 0 saturated heterocycles. The van der Waals surface area contributed by atoms with Crippen LogP contribution in [0.1, 0.15) is 38.7 Å². The second-order valence-electron chi connectivity index (χ2n) is 5.06. The topological polar surface area (TPSA) is 47.0 Å². The highest BCUT2D eigenvalue weighted by molar-refractivity contribution is 9.10. The van der Waals surface area contributed by atoms with E-state index in [0.29, 0.717) is 11.8 Å². The lowest BCUT2D eigenvalue weighted by atomic mass is 10.0. The maximum atomic E-state index is 5.98. The molecule has 1 aromatic carbocycles. The lowest BCUT2D eigenvalue weighted by Crippen LogP contribution is -2.04. The summed E-state index contributed by atoms with van der Waals surface area (Å²) in [5.74, 6) is 2.49. The number of nitrogens with zero attached hydrogens (tertiary/aromatic N) is 2. The number of aromatic nitrogens is 2. The fourth-order valence-electron chi connectivity index (χ4n) is 1.95.